The highest BCUT2D eigenvalue weighted by molar-refractivity contribution is 6.20. The smallest absolute Gasteiger partial charge is 0.295 e. The molecule has 5 nitrogen and oxygen atoms in total. The lowest BCUT2D eigenvalue weighted by Crippen LogP contribution is -2.33. The van der Waals surface area contributed by atoms with E-state index in [0.29, 0.717) is 16.2 Å². The zero-order chi connectivity index (χ0) is 13.4. The van der Waals surface area contributed by atoms with E-state index in [1.807, 2.05) is 0 Å². The van der Waals surface area contributed by atoms with E-state index in [-0.39, 0.29) is 11.5 Å². The lowest BCUT2D eigenvalue weighted by atomic mass is 10.1. The summed E-state index contributed by atoms with van der Waals surface area (Å²) in [6.45, 7) is 0. The minimum atomic E-state index is -0.538. The van der Waals surface area contributed by atoms with Crippen molar-refractivity contribution in [1.82, 2.24) is 5.06 Å². The van der Waals surface area contributed by atoms with Gasteiger partial charge in [0.05, 0.1) is 11.1 Å². The van der Waals surface area contributed by atoms with Crippen LogP contribution < -0.4 is 4.84 Å². The number of imide groups is 1. The average molecular weight is 255 g/mol. The second-order valence-electron chi connectivity index (χ2n) is 4.01. The highest BCUT2D eigenvalue weighted by Crippen LogP contribution is 2.29. The number of phenolic OH excluding ortho intramolecular Hbond substituents is 1. The predicted octanol–water partition coefficient (Wildman–Crippen LogP) is 1.98. The third kappa shape index (κ3) is 1.72. The van der Waals surface area contributed by atoms with Crippen LogP contribution in [0.15, 0.2) is 48.5 Å². The van der Waals surface area contributed by atoms with Crippen LogP contribution in [0.2, 0.25) is 0 Å². The molecule has 1 aliphatic rings. The van der Waals surface area contributed by atoms with E-state index in [9.17, 15) is 14.7 Å². The maximum Gasteiger partial charge on any atom is 0.295 e. The van der Waals surface area contributed by atoms with Crippen molar-refractivity contribution in [2.45, 2.75) is 0 Å². The van der Waals surface area contributed by atoms with Gasteiger partial charge in [-0.3, -0.25) is 9.59 Å². The SMILES string of the molecule is O=C1c2ccccc2C(=O)N1Oc1ccccc1O. The van der Waals surface area contributed by atoms with Crippen molar-refractivity contribution in [3.63, 3.8) is 0 Å². The van der Waals surface area contributed by atoms with Crippen LogP contribution in [0.3, 0.4) is 0 Å². The molecule has 0 aliphatic carbocycles. The molecule has 0 fully saturated rings. The summed E-state index contributed by atoms with van der Waals surface area (Å²) in [7, 11) is 0. The maximum atomic E-state index is 12.0. The summed E-state index contributed by atoms with van der Waals surface area (Å²) in [6.07, 6.45) is 0. The molecule has 0 unspecified atom stereocenters. The van der Waals surface area contributed by atoms with Crippen LogP contribution in [0.4, 0.5) is 0 Å². The van der Waals surface area contributed by atoms with Crippen molar-refractivity contribution in [3.05, 3.63) is 59.7 Å². The number of fused-ring (bicyclic) bond motifs is 1. The normalized spacial score (nSPS) is 13.6. The lowest BCUT2D eigenvalue weighted by molar-refractivity contribution is -0.0152. The Bertz CT molecular complexity index is 646. The molecule has 3 rings (SSSR count). The number of hydrogen-bond acceptors (Lipinski definition) is 4. The topological polar surface area (TPSA) is 66.8 Å². The Morgan fingerprint density at radius 1 is 0.842 bits per heavy atom. The van der Waals surface area contributed by atoms with E-state index in [4.69, 9.17) is 4.84 Å². The van der Waals surface area contributed by atoms with E-state index in [2.05, 4.69) is 0 Å². The number of para-hydroxylation sites is 2. The molecule has 1 heterocycles. The molecule has 1 N–H and O–H groups in total. The maximum absolute atomic E-state index is 12.0. The molecule has 2 amide bonds. The summed E-state index contributed by atoms with van der Waals surface area (Å²) in [5.41, 5.74) is 0.589. The summed E-state index contributed by atoms with van der Waals surface area (Å²) in [6, 6.07) is 12.6. The monoisotopic (exact) mass is 255 g/mol. The van der Waals surface area contributed by atoms with Crippen molar-refractivity contribution in [2.24, 2.45) is 0 Å². The van der Waals surface area contributed by atoms with Gasteiger partial charge in [-0.15, -0.1) is 0 Å². The molecule has 19 heavy (non-hydrogen) atoms. The van der Waals surface area contributed by atoms with Crippen molar-refractivity contribution < 1.29 is 19.5 Å². The van der Waals surface area contributed by atoms with Gasteiger partial charge in [-0.25, -0.2) is 0 Å². The summed E-state index contributed by atoms with van der Waals surface area (Å²) >= 11 is 0. The van der Waals surface area contributed by atoms with Gasteiger partial charge >= 0.3 is 0 Å². The Kier molecular flexibility index (Phi) is 2.45. The highest BCUT2D eigenvalue weighted by atomic mass is 16.7. The van der Waals surface area contributed by atoms with Gasteiger partial charge in [0, 0.05) is 0 Å². The summed E-state index contributed by atoms with van der Waals surface area (Å²) in [5.74, 6) is -1.16. The number of nitrogens with zero attached hydrogens (tertiary/aromatic N) is 1. The van der Waals surface area contributed by atoms with Gasteiger partial charge in [-0.2, -0.15) is 0 Å². The predicted molar refractivity (Wildman–Crippen MR) is 65.7 cm³/mol. The second-order valence-corrected chi connectivity index (χ2v) is 4.01. The van der Waals surface area contributed by atoms with Gasteiger partial charge in [0.1, 0.15) is 0 Å². The van der Waals surface area contributed by atoms with Crippen molar-refractivity contribution in [3.8, 4) is 11.5 Å². The van der Waals surface area contributed by atoms with Crippen LogP contribution in [0.25, 0.3) is 0 Å². The Morgan fingerprint density at radius 3 is 1.95 bits per heavy atom. The molecule has 1 aliphatic heterocycles. The molecule has 0 saturated heterocycles. The molecule has 2 aromatic rings. The van der Waals surface area contributed by atoms with Gasteiger partial charge in [-0.1, -0.05) is 29.3 Å². The van der Waals surface area contributed by atoms with Gasteiger partial charge < -0.3 is 9.94 Å². The van der Waals surface area contributed by atoms with Gasteiger partial charge in [0.2, 0.25) is 0 Å². The molecule has 0 radical (unpaired) electrons. The van der Waals surface area contributed by atoms with Crippen LogP contribution in [-0.4, -0.2) is 22.0 Å². The number of carbonyl (C=O) groups is 2. The molecule has 5 heteroatoms. The van der Waals surface area contributed by atoms with Crippen molar-refractivity contribution >= 4 is 11.8 Å². The van der Waals surface area contributed by atoms with Gasteiger partial charge in [0.15, 0.2) is 11.5 Å². The average Bonchev–Trinajstić information content (AvgIpc) is 2.67. The Labute approximate surface area is 108 Å². The van der Waals surface area contributed by atoms with Gasteiger partial charge in [-0.05, 0) is 24.3 Å². The fraction of sp³-hybridized carbons (Fsp3) is 0. The molecule has 0 aromatic heterocycles. The molecule has 94 valence electrons. The van der Waals surface area contributed by atoms with E-state index in [0.717, 1.165) is 0 Å². The highest BCUT2D eigenvalue weighted by Gasteiger charge is 2.37. The zero-order valence-corrected chi connectivity index (χ0v) is 9.74. The third-order valence-corrected chi connectivity index (χ3v) is 2.81. The van der Waals surface area contributed by atoms with Gasteiger partial charge in [0.25, 0.3) is 11.8 Å². The lowest BCUT2D eigenvalue weighted by Gasteiger charge is -2.14. The number of carbonyl (C=O) groups excluding carboxylic acids is 2. The van der Waals surface area contributed by atoms with Crippen LogP contribution in [0.5, 0.6) is 11.5 Å². The first-order chi connectivity index (χ1) is 9.18. The van der Waals surface area contributed by atoms with E-state index < -0.39 is 11.8 Å². The fourth-order valence-electron chi connectivity index (χ4n) is 1.88. The Hall–Kier alpha value is -2.82. The molecular weight excluding hydrogens is 246 g/mol. The van der Waals surface area contributed by atoms with Crippen LogP contribution in [0.1, 0.15) is 20.7 Å². The molecule has 0 bridgehead atoms. The summed E-state index contributed by atoms with van der Waals surface area (Å²) in [4.78, 5) is 29.2. The van der Waals surface area contributed by atoms with Crippen LogP contribution in [-0.2, 0) is 0 Å². The number of amides is 2. The number of rotatable bonds is 2. The Balaban J connectivity index is 1.95. The summed E-state index contributed by atoms with van der Waals surface area (Å²) < 4.78 is 0. The molecule has 0 spiro atoms. The number of benzene rings is 2. The zero-order valence-electron chi connectivity index (χ0n) is 9.74. The first-order valence-electron chi connectivity index (χ1n) is 5.62. The van der Waals surface area contributed by atoms with E-state index in [1.165, 1.54) is 12.1 Å². The minimum absolute atomic E-state index is 0.0528. The first kappa shape index (κ1) is 11.3. The van der Waals surface area contributed by atoms with Crippen LogP contribution in [0, 0.1) is 0 Å². The van der Waals surface area contributed by atoms with E-state index >= 15 is 0 Å². The second kappa shape index (κ2) is 4.13. The molecule has 0 atom stereocenters. The fourth-order valence-corrected chi connectivity index (χ4v) is 1.88. The van der Waals surface area contributed by atoms with E-state index in [1.54, 1.807) is 36.4 Å². The number of hydroxylamine groups is 2. The Morgan fingerprint density at radius 2 is 1.37 bits per heavy atom. The number of phenols is 1. The summed E-state index contributed by atoms with van der Waals surface area (Å²) in [5, 5.41) is 10.2. The number of aromatic hydroxyl groups is 1. The minimum Gasteiger partial charge on any atom is -0.504 e. The molecular formula is C14H9NO4. The van der Waals surface area contributed by atoms with Crippen molar-refractivity contribution in [1.29, 1.82) is 0 Å². The standard InChI is InChI=1S/C14H9NO4/c16-11-7-3-4-8-12(11)19-15-13(17)9-5-1-2-6-10(9)14(15)18/h1-8,16H. The van der Waals surface area contributed by atoms with Crippen molar-refractivity contribution in [2.75, 3.05) is 0 Å². The molecule has 2 aromatic carbocycles. The molecule has 0 saturated carbocycles. The quantitative estimate of drug-likeness (QED) is 0.833. The van der Waals surface area contributed by atoms with Crippen LogP contribution >= 0.6 is 0 Å². The third-order valence-electron chi connectivity index (χ3n) is 2.81. The number of hydrogen-bond donors (Lipinski definition) is 1. The largest absolute Gasteiger partial charge is 0.504 e. The first-order valence-corrected chi connectivity index (χ1v) is 5.62.